The molecule has 0 radical (unpaired) electrons. The fourth-order valence-corrected chi connectivity index (χ4v) is 2.20. The van der Waals surface area contributed by atoms with Gasteiger partial charge in [0, 0.05) is 18.5 Å². The van der Waals surface area contributed by atoms with Gasteiger partial charge in [-0.3, -0.25) is 9.59 Å². The molecule has 0 bridgehead atoms. The molecule has 104 valence electrons. The van der Waals surface area contributed by atoms with Crippen LogP contribution in [0.5, 0.6) is 0 Å². The number of carbonyl (C=O) groups excluding carboxylic acids is 2. The van der Waals surface area contributed by atoms with Crippen LogP contribution in [0.4, 0.5) is 0 Å². The van der Waals surface area contributed by atoms with E-state index in [0.717, 1.165) is 25.7 Å². The fraction of sp³-hybridized carbons (Fsp3) is 0.846. The molecule has 1 fully saturated rings. The summed E-state index contributed by atoms with van der Waals surface area (Å²) in [5, 5.41) is 5.38. The lowest BCUT2D eigenvalue weighted by atomic mass is 9.94. The van der Waals surface area contributed by atoms with Gasteiger partial charge in [-0.2, -0.15) is 0 Å². The molecule has 0 aliphatic heterocycles. The zero-order valence-corrected chi connectivity index (χ0v) is 11.4. The highest BCUT2D eigenvalue weighted by Gasteiger charge is 2.31. The monoisotopic (exact) mass is 255 g/mol. The summed E-state index contributed by atoms with van der Waals surface area (Å²) in [6.45, 7) is 4.73. The molecule has 1 rings (SSSR count). The molecule has 2 amide bonds. The highest BCUT2D eigenvalue weighted by atomic mass is 16.2. The minimum Gasteiger partial charge on any atom is -0.354 e. The number of amides is 2. The van der Waals surface area contributed by atoms with Crippen molar-refractivity contribution < 1.29 is 9.59 Å². The maximum atomic E-state index is 11.7. The molecule has 0 saturated heterocycles. The molecule has 1 aliphatic rings. The van der Waals surface area contributed by atoms with Crippen LogP contribution in [0.3, 0.4) is 0 Å². The van der Waals surface area contributed by atoms with Crippen molar-refractivity contribution in [2.45, 2.75) is 51.5 Å². The van der Waals surface area contributed by atoms with E-state index in [0.29, 0.717) is 18.9 Å². The molecule has 0 spiro atoms. The topological polar surface area (TPSA) is 84.2 Å². The van der Waals surface area contributed by atoms with Crippen LogP contribution in [0.2, 0.25) is 0 Å². The fourth-order valence-electron chi connectivity index (χ4n) is 2.20. The van der Waals surface area contributed by atoms with E-state index in [1.54, 1.807) is 0 Å². The van der Waals surface area contributed by atoms with E-state index in [1.165, 1.54) is 0 Å². The van der Waals surface area contributed by atoms with Gasteiger partial charge in [-0.25, -0.2) is 0 Å². The standard InChI is InChI=1S/C13H25N3O2/c1-10(2)8-15-12(18)9-16-11(17)7-13(14)5-3-4-6-13/h10H,3-9,14H2,1-2H3,(H,15,18)(H,16,17). The molecule has 0 unspecified atom stereocenters. The van der Waals surface area contributed by atoms with Crippen LogP contribution in [-0.4, -0.2) is 30.4 Å². The summed E-state index contributed by atoms with van der Waals surface area (Å²) in [4.78, 5) is 23.1. The second-order valence-corrected chi connectivity index (χ2v) is 5.72. The molecule has 5 nitrogen and oxygen atoms in total. The molecule has 0 aromatic rings. The normalized spacial score (nSPS) is 17.8. The maximum Gasteiger partial charge on any atom is 0.239 e. The summed E-state index contributed by atoms with van der Waals surface area (Å²) < 4.78 is 0. The summed E-state index contributed by atoms with van der Waals surface area (Å²) >= 11 is 0. The van der Waals surface area contributed by atoms with E-state index in [1.807, 2.05) is 13.8 Å². The van der Waals surface area contributed by atoms with Crippen LogP contribution < -0.4 is 16.4 Å². The van der Waals surface area contributed by atoms with E-state index >= 15 is 0 Å². The summed E-state index contributed by atoms with van der Waals surface area (Å²) in [6.07, 6.45) is 4.32. The van der Waals surface area contributed by atoms with Gasteiger partial charge in [0.2, 0.25) is 11.8 Å². The quantitative estimate of drug-likeness (QED) is 0.647. The molecule has 5 heteroatoms. The maximum absolute atomic E-state index is 11.7. The third kappa shape index (κ3) is 5.49. The summed E-state index contributed by atoms with van der Waals surface area (Å²) in [5.74, 6) is 0.143. The van der Waals surface area contributed by atoms with Crippen molar-refractivity contribution in [1.82, 2.24) is 10.6 Å². The number of hydrogen-bond acceptors (Lipinski definition) is 3. The van der Waals surface area contributed by atoms with Crippen molar-refractivity contribution in [2.24, 2.45) is 11.7 Å². The van der Waals surface area contributed by atoms with E-state index in [2.05, 4.69) is 10.6 Å². The largest absolute Gasteiger partial charge is 0.354 e. The zero-order chi connectivity index (χ0) is 13.6. The predicted octanol–water partition coefficient (Wildman–Crippen LogP) is 0.536. The first kappa shape index (κ1) is 15.0. The van der Waals surface area contributed by atoms with E-state index in [4.69, 9.17) is 5.73 Å². The van der Waals surface area contributed by atoms with Gasteiger partial charge in [-0.05, 0) is 18.8 Å². The molecular weight excluding hydrogens is 230 g/mol. The SMILES string of the molecule is CC(C)CNC(=O)CNC(=O)CC1(N)CCCC1. The Bertz CT molecular complexity index is 297. The van der Waals surface area contributed by atoms with Gasteiger partial charge < -0.3 is 16.4 Å². The summed E-state index contributed by atoms with van der Waals surface area (Å²) in [6, 6.07) is 0. The van der Waals surface area contributed by atoms with Crippen LogP contribution in [0.25, 0.3) is 0 Å². The Morgan fingerprint density at radius 2 is 1.78 bits per heavy atom. The first-order valence-corrected chi connectivity index (χ1v) is 6.73. The number of carbonyl (C=O) groups is 2. The zero-order valence-electron chi connectivity index (χ0n) is 11.4. The van der Waals surface area contributed by atoms with E-state index < -0.39 is 0 Å². The van der Waals surface area contributed by atoms with Crippen LogP contribution in [-0.2, 0) is 9.59 Å². The van der Waals surface area contributed by atoms with Crippen molar-refractivity contribution in [3.8, 4) is 0 Å². The van der Waals surface area contributed by atoms with Crippen molar-refractivity contribution in [2.75, 3.05) is 13.1 Å². The number of hydrogen-bond donors (Lipinski definition) is 3. The minimum absolute atomic E-state index is 0.0433. The van der Waals surface area contributed by atoms with Gasteiger partial charge in [-0.1, -0.05) is 26.7 Å². The Balaban J connectivity index is 2.18. The molecule has 1 aliphatic carbocycles. The van der Waals surface area contributed by atoms with Gasteiger partial charge in [0.05, 0.1) is 6.54 Å². The number of nitrogens with two attached hydrogens (primary N) is 1. The van der Waals surface area contributed by atoms with Crippen LogP contribution in [0.1, 0.15) is 46.0 Å². The van der Waals surface area contributed by atoms with Gasteiger partial charge in [0.25, 0.3) is 0 Å². The van der Waals surface area contributed by atoms with Crippen LogP contribution in [0.15, 0.2) is 0 Å². The van der Waals surface area contributed by atoms with Gasteiger partial charge >= 0.3 is 0 Å². The number of nitrogens with one attached hydrogen (secondary N) is 2. The Kier molecular flexibility index (Phi) is 5.59. The third-order valence-corrected chi connectivity index (χ3v) is 3.27. The Morgan fingerprint density at radius 1 is 1.17 bits per heavy atom. The molecule has 18 heavy (non-hydrogen) atoms. The van der Waals surface area contributed by atoms with Crippen LogP contribution >= 0.6 is 0 Å². The molecule has 4 N–H and O–H groups in total. The molecule has 0 heterocycles. The number of rotatable bonds is 6. The Hall–Kier alpha value is -1.10. The minimum atomic E-state index is -0.349. The van der Waals surface area contributed by atoms with Gasteiger partial charge in [0.1, 0.15) is 0 Å². The average Bonchev–Trinajstić information content (AvgIpc) is 2.70. The first-order chi connectivity index (χ1) is 8.41. The summed E-state index contributed by atoms with van der Waals surface area (Å²) in [7, 11) is 0. The Morgan fingerprint density at radius 3 is 2.33 bits per heavy atom. The van der Waals surface area contributed by atoms with E-state index in [9.17, 15) is 9.59 Å². The first-order valence-electron chi connectivity index (χ1n) is 6.73. The second-order valence-electron chi connectivity index (χ2n) is 5.72. The third-order valence-electron chi connectivity index (χ3n) is 3.27. The van der Waals surface area contributed by atoms with Crippen molar-refractivity contribution in [3.05, 3.63) is 0 Å². The van der Waals surface area contributed by atoms with Crippen molar-refractivity contribution in [3.63, 3.8) is 0 Å². The van der Waals surface area contributed by atoms with E-state index in [-0.39, 0.29) is 23.9 Å². The van der Waals surface area contributed by atoms with Crippen molar-refractivity contribution in [1.29, 1.82) is 0 Å². The molecule has 0 aromatic heterocycles. The van der Waals surface area contributed by atoms with Gasteiger partial charge in [-0.15, -0.1) is 0 Å². The lowest BCUT2D eigenvalue weighted by Gasteiger charge is -2.22. The average molecular weight is 255 g/mol. The van der Waals surface area contributed by atoms with Crippen molar-refractivity contribution >= 4 is 11.8 Å². The van der Waals surface area contributed by atoms with Gasteiger partial charge in [0.15, 0.2) is 0 Å². The summed E-state index contributed by atoms with van der Waals surface area (Å²) in [5.41, 5.74) is 5.75. The Labute approximate surface area is 109 Å². The molecular formula is C13H25N3O2. The molecule has 0 aromatic carbocycles. The highest BCUT2D eigenvalue weighted by molar-refractivity contribution is 5.85. The molecule has 1 saturated carbocycles. The smallest absolute Gasteiger partial charge is 0.239 e. The highest BCUT2D eigenvalue weighted by Crippen LogP contribution is 2.29. The van der Waals surface area contributed by atoms with Crippen LogP contribution in [0, 0.1) is 5.92 Å². The lowest BCUT2D eigenvalue weighted by Crippen LogP contribution is -2.44. The lowest BCUT2D eigenvalue weighted by molar-refractivity contribution is -0.126. The second kappa shape index (κ2) is 6.73. The predicted molar refractivity (Wildman–Crippen MR) is 70.9 cm³/mol. The molecule has 0 atom stereocenters.